The molecule has 0 atom stereocenters. The molecule has 1 aromatic heterocycles. The predicted molar refractivity (Wildman–Crippen MR) is 66.6 cm³/mol. The lowest BCUT2D eigenvalue weighted by Crippen LogP contribution is -2.06. The molecule has 1 aliphatic carbocycles. The van der Waals surface area contributed by atoms with E-state index in [1.807, 2.05) is 0 Å². The first-order valence-electron chi connectivity index (χ1n) is 6.87. The normalized spacial score (nSPS) is 17.9. The molecule has 6 nitrogen and oxygen atoms in total. The molecule has 1 fully saturated rings. The van der Waals surface area contributed by atoms with Crippen molar-refractivity contribution in [2.45, 2.75) is 57.5 Å². The van der Waals surface area contributed by atoms with Crippen LogP contribution in [0.3, 0.4) is 0 Å². The quantitative estimate of drug-likeness (QED) is 0.883. The van der Waals surface area contributed by atoms with Crippen LogP contribution in [0.1, 0.15) is 62.6 Å². The third-order valence-corrected chi connectivity index (χ3v) is 3.39. The van der Waals surface area contributed by atoms with Crippen molar-refractivity contribution >= 4 is 5.97 Å². The van der Waals surface area contributed by atoms with E-state index in [1.165, 1.54) is 32.1 Å². The maximum absolute atomic E-state index is 10.3. The maximum atomic E-state index is 10.3. The molecule has 1 heterocycles. The molecule has 0 spiro atoms. The first-order chi connectivity index (χ1) is 9.25. The van der Waals surface area contributed by atoms with Gasteiger partial charge in [0, 0.05) is 5.92 Å². The van der Waals surface area contributed by atoms with Crippen LogP contribution >= 0.6 is 0 Å². The molecule has 19 heavy (non-hydrogen) atoms. The highest BCUT2D eigenvalue weighted by atomic mass is 16.5. The SMILES string of the molecule is O=C(O)COCc1nnc(C2CCCCCCC2)o1. The van der Waals surface area contributed by atoms with E-state index in [-0.39, 0.29) is 13.2 Å². The zero-order valence-electron chi connectivity index (χ0n) is 11.0. The van der Waals surface area contributed by atoms with Crippen LogP contribution in [-0.4, -0.2) is 27.9 Å². The molecule has 1 aliphatic rings. The minimum atomic E-state index is -1.00. The number of carboxylic acids is 1. The molecule has 0 radical (unpaired) electrons. The second kappa shape index (κ2) is 7.23. The molecule has 0 aromatic carbocycles. The Kier molecular flexibility index (Phi) is 5.32. The van der Waals surface area contributed by atoms with Crippen molar-refractivity contribution in [1.82, 2.24) is 10.2 Å². The van der Waals surface area contributed by atoms with Crippen LogP contribution in [0.5, 0.6) is 0 Å². The maximum Gasteiger partial charge on any atom is 0.329 e. The average molecular weight is 268 g/mol. The number of nitrogens with zero attached hydrogens (tertiary/aromatic N) is 2. The summed E-state index contributed by atoms with van der Waals surface area (Å²) < 4.78 is 10.5. The van der Waals surface area contributed by atoms with Gasteiger partial charge in [-0.15, -0.1) is 10.2 Å². The summed E-state index contributed by atoms with van der Waals surface area (Å²) in [5.41, 5.74) is 0. The number of hydrogen-bond acceptors (Lipinski definition) is 5. The zero-order valence-corrected chi connectivity index (χ0v) is 11.0. The third-order valence-electron chi connectivity index (χ3n) is 3.39. The van der Waals surface area contributed by atoms with Gasteiger partial charge < -0.3 is 14.3 Å². The van der Waals surface area contributed by atoms with Crippen molar-refractivity contribution in [3.8, 4) is 0 Å². The zero-order chi connectivity index (χ0) is 13.5. The summed E-state index contributed by atoms with van der Waals surface area (Å²) in [7, 11) is 0. The van der Waals surface area contributed by atoms with Gasteiger partial charge in [-0.1, -0.05) is 32.1 Å². The van der Waals surface area contributed by atoms with Gasteiger partial charge in [0.2, 0.25) is 11.8 Å². The second-order valence-corrected chi connectivity index (χ2v) is 4.96. The first-order valence-corrected chi connectivity index (χ1v) is 6.87. The van der Waals surface area contributed by atoms with Crippen LogP contribution < -0.4 is 0 Å². The molecule has 6 heteroatoms. The Morgan fingerprint density at radius 1 is 1.21 bits per heavy atom. The van der Waals surface area contributed by atoms with Gasteiger partial charge in [-0.3, -0.25) is 0 Å². The van der Waals surface area contributed by atoms with Crippen LogP contribution in [0.4, 0.5) is 0 Å². The number of hydrogen-bond donors (Lipinski definition) is 1. The van der Waals surface area contributed by atoms with E-state index in [1.54, 1.807) is 0 Å². The largest absolute Gasteiger partial charge is 0.480 e. The third kappa shape index (κ3) is 4.63. The smallest absolute Gasteiger partial charge is 0.329 e. The molecular weight excluding hydrogens is 248 g/mol. The van der Waals surface area contributed by atoms with Gasteiger partial charge in [0.1, 0.15) is 13.2 Å². The second-order valence-electron chi connectivity index (χ2n) is 4.96. The number of rotatable bonds is 5. The number of aromatic nitrogens is 2. The van der Waals surface area contributed by atoms with E-state index in [9.17, 15) is 4.79 Å². The fraction of sp³-hybridized carbons (Fsp3) is 0.769. The fourth-order valence-electron chi connectivity index (χ4n) is 2.42. The molecule has 106 valence electrons. The Labute approximate surface area is 112 Å². The summed E-state index contributed by atoms with van der Waals surface area (Å²) in [6.07, 6.45) is 8.48. The topological polar surface area (TPSA) is 85.5 Å². The summed E-state index contributed by atoms with van der Waals surface area (Å²) in [6, 6.07) is 0. The lowest BCUT2D eigenvalue weighted by Gasteiger charge is -2.15. The number of aliphatic carboxylic acids is 1. The first kappa shape index (κ1) is 14.0. The summed E-state index contributed by atoms with van der Waals surface area (Å²) in [4.78, 5) is 10.3. The minimum absolute atomic E-state index is 0.0615. The van der Waals surface area contributed by atoms with Gasteiger partial charge in [-0.25, -0.2) is 4.79 Å². The molecule has 1 N–H and O–H groups in total. The predicted octanol–water partition coefficient (Wildman–Crippen LogP) is 2.50. The van der Waals surface area contributed by atoms with Gasteiger partial charge in [0.25, 0.3) is 0 Å². The Morgan fingerprint density at radius 2 is 1.89 bits per heavy atom. The highest BCUT2D eigenvalue weighted by Crippen LogP contribution is 2.29. The number of ether oxygens (including phenoxy) is 1. The van der Waals surface area contributed by atoms with E-state index in [0.29, 0.717) is 17.7 Å². The molecule has 0 unspecified atom stereocenters. The van der Waals surface area contributed by atoms with E-state index in [2.05, 4.69) is 10.2 Å². The Bertz CT molecular complexity index is 397. The van der Waals surface area contributed by atoms with Gasteiger partial charge >= 0.3 is 5.97 Å². The summed E-state index contributed by atoms with van der Waals surface area (Å²) >= 11 is 0. The molecule has 1 saturated carbocycles. The van der Waals surface area contributed by atoms with Gasteiger partial charge in [-0.05, 0) is 12.8 Å². The molecule has 0 amide bonds. The molecule has 0 aliphatic heterocycles. The van der Waals surface area contributed by atoms with Gasteiger partial charge in [0.15, 0.2) is 0 Å². The van der Waals surface area contributed by atoms with Gasteiger partial charge in [-0.2, -0.15) is 0 Å². The summed E-state index contributed by atoms with van der Waals surface area (Å²) in [6.45, 7) is -0.285. The van der Waals surface area contributed by atoms with Crippen LogP contribution in [-0.2, 0) is 16.1 Å². The Hall–Kier alpha value is -1.43. The highest BCUT2D eigenvalue weighted by molar-refractivity contribution is 5.67. The minimum Gasteiger partial charge on any atom is -0.480 e. The molecule has 2 rings (SSSR count). The lowest BCUT2D eigenvalue weighted by atomic mass is 9.91. The number of carbonyl (C=O) groups is 1. The van der Waals surface area contributed by atoms with Crippen LogP contribution in [0.15, 0.2) is 4.42 Å². The van der Waals surface area contributed by atoms with Crippen molar-refractivity contribution < 1.29 is 19.1 Å². The standard InChI is InChI=1S/C13H20N2O4/c16-12(17)9-18-8-11-14-15-13(19-11)10-6-4-2-1-3-5-7-10/h10H,1-9H2,(H,16,17). The molecule has 0 bridgehead atoms. The van der Waals surface area contributed by atoms with E-state index in [0.717, 1.165) is 12.8 Å². The van der Waals surface area contributed by atoms with E-state index >= 15 is 0 Å². The van der Waals surface area contributed by atoms with E-state index in [4.69, 9.17) is 14.3 Å². The Morgan fingerprint density at radius 3 is 2.58 bits per heavy atom. The molecular formula is C13H20N2O4. The van der Waals surface area contributed by atoms with Crippen LogP contribution in [0.25, 0.3) is 0 Å². The van der Waals surface area contributed by atoms with Crippen molar-refractivity contribution in [3.63, 3.8) is 0 Å². The fourth-order valence-corrected chi connectivity index (χ4v) is 2.42. The van der Waals surface area contributed by atoms with Crippen LogP contribution in [0, 0.1) is 0 Å². The summed E-state index contributed by atoms with van der Waals surface area (Å²) in [5.74, 6) is 0.384. The molecule has 0 saturated heterocycles. The van der Waals surface area contributed by atoms with Crippen molar-refractivity contribution in [3.05, 3.63) is 11.8 Å². The highest BCUT2D eigenvalue weighted by Gasteiger charge is 2.19. The molecule has 1 aromatic rings. The monoisotopic (exact) mass is 268 g/mol. The summed E-state index contributed by atoms with van der Waals surface area (Å²) in [5, 5.41) is 16.4. The van der Waals surface area contributed by atoms with E-state index < -0.39 is 5.97 Å². The lowest BCUT2D eigenvalue weighted by molar-refractivity contribution is -0.142. The van der Waals surface area contributed by atoms with Crippen molar-refractivity contribution in [2.24, 2.45) is 0 Å². The van der Waals surface area contributed by atoms with Crippen molar-refractivity contribution in [2.75, 3.05) is 6.61 Å². The Balaban J connectivity index is 1.85. The van der Waals surface area contributed by atoms with Crippen LogP contribution in [0.2, 0.25) is 0 Å². The number of carboxylic acid groups (broad SMARTS) is 1. The average Bonchev–Trinajstić information content (AvgIpc) is 2.76. The van der Waals surface area contributed by atoms with Gasteiger partial charge in [0.05, 0.1) is 0 Å². The van der Waals surface area contributed by atoms with Crippen molar-refractivity contribution in [1.29, 1.82) is 0 Å².